The van der Waals surface area contributed by atoms with Gasteiger partial charge in [0.25, 0.3) is 0 Å². The average molecular weight is 333 g/mol. The molecule has 23 heavy (non-hydrogen) atoms. The number of furan rings is 2. The second-order valence-electron chi connectivity index (χ2n) is 5.25. The van der Waals surface area contributed by atoms with Crippen LogP contribution in [0.1, 0.15) is 30.1 Å². The third-order valence-electron chi connectivity index (χ3n) is 3.52. The molecule has 1 unspecified atom stereocenters. The van der Waals surface area contributed by atoms with Gasteiger partial charge < -0.3 is 31.7 Å². The second kappa shape index (κ2) is 8.02. The molecule has 4 nitrogen and oxygen atoms in total. The van der Waals surface area contributed by atoms with E-state index < -0.39 is 6.10 Å². The lowest BCUT2D eigenvalue weighted by atomic mass is 10.1. The highest BCUT2D eigenvalue weighted by molar-refractivity contribution is 5.58. The largest absolute Gasteiger partial charge is 1.00 e. The zero-order chi connectivity index (χ0) is 15.4. The van der Waals surface area contributed by atoms with Crippen LogP contribution in [0.15, 0.2) is 63.6 Å². The van der Waals surface area contributed by atoms with Gasteiger partial charge in [0.05, 0.1) is 25.5 Å². The molecule has 5 heteroatoms. The Morgan fingerprint density at radius 2 is 1.74 bits per heavy atom. The lowest BCUT2D eigenvalue weighted by Crippen LogP contribution is -3.00. The molecule has 0 aliphatic carbocycles. The molecule has 0 saturated heterocycles. The fraction of sp³-hybridized carbons (Fsp3) is 0.222. The van der Waals surface area contributed by atoms with Crippen molar-refractivity contribution in [1.29, 1.82) is 0 Å². The van der Waals surface area contributed by atoms with Gasteiger partial charge in [-0.3, -0.25) is 0 Å². The molecule has 3 aromatic rings. The molecule has 3 rings (SSSR count). The van der Waals surface area contributed by atoms with Crippen LogP contribution in [0, 0.1) is 0 Å². The van der Waals surface area contributed by atoms with E-state index in [4.69, 9.17) is 8.83 Å². The molecule has 0 radical (unpaired) electrons. The van der Waals surface area contributed by atoms with Crippen molar-refractivity contribution >= 4 is 0 Å². The number of nitrogens with one attached hydrogen (secondary N) is 1. The molecule has 0 aliphatic heterocycles. The zero-order valence-electron chi connectivity index (χ0n) is 12.8. The highest BCUT2D eigenvalue weighted by atomic mass is 35.5. The minimum absolute atomic E-state index is 0. The molecule has 0 amide bonds. The summed E-state index contributed by atoms with van der Waals surface area (Å²) in [6.07, 6.45) is 1.21. The first-order chi connectivity index (χ1) is 10.7. The Kier molecular flexibility index (Phi) is 6.04. The minimum Gasteiger partial charge on any atom is -1.00 e. The van der Waals surface area contributed by atoms with Crippen LogP contribution in [0.5, 0.6) is 0 Å². The first-order valence-corrected chi connectivity index (χ1v) is 7.32. The van der Waals surface area contributed by atoms with Crippen LogP contribution in [0.3, 0.4) is 0 Å². The fourth-order valence-corrected chi connectivity index (χ4v) is 2.28. The van der Waals surface area contributed by atoms with Crippen molar-refractivity contribution in [2.75, 3.05) is 0 Å². The molecule has 122 valence electrons. The third-order valence-corrected chi connectivity index (χ3v) is 3.52. The van der Waals surface area contributed by atoms with Crippen LogP contribution in [0.2, 0.25) is 0 Å². The van der Waals surface area contributed by atoms with Gasteiger partial charge in [-0.1, -0.05) is 24.3 Å². The summed E-state index contributed by atoms with van der Waals surface area (Å²) in [4.78, 5) is 0. The number of benzene rings is 1. The minimum atomic E-state index is -0.452. The monoisotopic (exact) mass is 332 g/mol. The number of rotatable bonds is 6. The van der Waals surface area contributed by atoms with E-state index in [-0.39, 0.29) is 12.4 Å². The molecular weight excluding hydrogens is 314 g/mol. The van der Waals surface area contributed by atoms with Crippen LogP contribution in [0.4, 0.5) is 0 Å². The smallest absolute Gasteiger partial charge is 0.134 e. The molecule has 0 spiro atoms. The van der Waals surface area contributed by atoms with Crippen LogP contribution in [0.25, 0.3) is 11.3 Å². The molecule has 0 bridgehead atoms. The van der Waals surface area contributed by atoms with E-state index >= 15 is 0 Å². The van der Waals surface area contributed by atoms with Gasteiger partial charge in [0.15, 0.2) is 0 Å². The SMILES string of the molecule is CC(O)c1ccc(-c2ccc(CNCc3ccco3)o2)cc1.[Cl-]. The highest BCUT2D eigenvalue weighted by Crippen LogP contribution is 2.24. The summed E-state index contributed by atoms with van der Waals surface area (Å²) in [7, 11) is 0. The molecule has 0 fully saturated rings. The van der Waals surface area contributed by atoms with Crippen molar-refractivity contribution in [1.82, 2.24) is 5.32 Å². The summed E-state index contributed by atoms with van der Waals surface area (Å²) in [5.41, 5.74) is 1.90. The number of hydrogen-bond acceptors (Lipinski definition) is 4. The van der Waals surface area contributed by atoms with E-state index in [0.717, 1.165) is 28.4 Å². The number of halogens is 1. The molecule has 2 aromatic heterocycles. The van der Waals surface area contributed by atoms with Crippen LogP contribution < -0.4 is 17.7 Å². The van der Waals surface area contributed by atoms with Crippen molar-refractivity contribution in [3.8, 4) is 11.3 Å². The molecular formula is C18H19ClNO3-. The van der Waals surface area contributed by atoms with Gasteiger partial charge in [-0.05, 0) is 36.8 Å². The van der Waals surface area contributed by atoms with Gasteiger partial charge in [0, 0.05) is 5.56 Å². The topological polar surface area (TPSA) is 58.5 Å². The van der Waals surface area contributed by atoms with E-state index in [0.29, 0.717) is 13.1 Å². The van der Waals surface area contributed by atoms with E-state index in [1.165, 1.54) is 0 Å². The maximum Gasteiger partial charge on any atom is 0.134 e. The summed E-state index contributed by atoms with van der Waals surface area (Å²) >= 11 is 0. The molecule has 1 atom stereocenters. The maximum atomic E-state index is 9.53. The average Bonchev–Trinajstić information content (AvgIpc) is 3.19. The number of hydrogen-bond donors (Lipinski definition) is 2. The van der Waals surface area contributed by atoms with Gasteiger partial charge in [0.2, 0.25) is 0 Å². The van der Waals surface area contributed by atoms with Gasteiger partial charge in [-0.15, -0.1) is 0 Å². The van der Waals surface area contributed by atoms with Crippen molar-refractivity contribution < 1.29 is 26.3 Å². The van der Waals surface area contributed by atoms with Gasteiger partial charge in [-0.2, -0.15) is 0 Å². The second-order valence-corrected chi connectivity index (χ2v) is 5.25. The number of aliphatic hydroxyl groups is 1. The summed E-state index contributed by atoms with van der Waals surface area (Å²) in [5.74, 6) is 2.61. The zero-order valence-corrected chi connectivity index (χ0v) is 13.6. The van der Waals surface area contributed by atoms with Gasteiger partial charge in [0.1, 0.15) is 17.3 Å². The lowest BCUT2D eigenvalue weighted by Gasteiger charge is -2.05. The normalized spacial score (nSPS) is 11.9. The lowest BCUT2D eigenvalue weighted by molar-refractivity contribution is -0.00000749. The van der Waals surface area contributed by atoms with Crippen molar-refractivity contribution in [2.24, 2.45) is 0 Å². The molecule has 2 heterocycles. The molecule has 1 aromatic carbocycles. The summed E-state index contributed by atoms with van der Waals surface area (Å²) in [6, 6.07) is 15.5. The first kappa shape index (κ1) is 17.3. The van der Waals surface area contributed by atoms with Crippen LogP contribution in [-0.4, -0.2) is 5.11 Å². The Bertz CT molecular complexity index is 702. The third kappa shape index (κ3) is 4.48. The van der Waals surface area contributed by atoms with Crippen LogP contribution in [-0.2, 0) is 13.1 Å². The van der Waals surface area contributed by atoms with E-state index in [2.05, 4.69) is 5.32 Å². The summed E-state index contributed by atoms with van der Waals surface area (Å²) < 4.78 is 11.1. The fourth-order valence-electron chi connectivity index (χ4n) is 2.28. The van der Waals surface area contributed by atoms with Crippen LogP contribution >= 0.6 is 0 Å². The highest BCUT2D eigenvalue weighted by Gasteiger charge is 2.06. The quantitative estimate of drug-likeness (QED) is 0.704. The number of aliphatic hydroxyl groups excluding tert-OH is 1. The predicted octanol–water partition coefficient (Wildman–Crippen LogP) is 0.887. The standard InChI is InChI=1S/C18H19NO3.ClH/c1-13(20)14-4-6-15(7-5-14)18-9-8-17(22-18)12-19-11-16-3-2-10-21-16;/h2-10,13,19-20H,11-12H2,1H3;1H/p-1. The Morgan fingerprint density at radius 1 is 1.00 bits per heavy atom. The molecule has 0 saturated carbocycles. The Balaban J connectivity index is 0.00000192. The predicted molar refractivity (Wildman–Crippen MR) is 84.0 cm³/mol. The van der Waals surface area contributed by atoms with Gasteiger partial charge >= 0.3 is 0 Å². The maximum absolute atomic E-state index is 9.53. The Hall–Kier alpha value is -2.01. The van der Waals surface area contributed by atoms with E-state index in [1.54, 1.807) is 13.2 Å². The molecule has 0 aliphatic rings. The summed E-state index contributed by atoms with van der Waals surface area (Å²) in [6.45, 7) is 3.07. The van der Waals surface area contributed by atoms with Crippen molar-refractivity contribution in [3.63, 3.8) is 0 Å². The first-order valence-electron chi connectivity index (χ1n) is 7.32. The Labute approximate surface area is 141 Å². The molecule has 2 N–H and O–H groups in total. The summed E-state index contributed by atoms with van der Waals surface area (Å²) in [5, 5.41) is 12.8. The van der Waals surface area contributed by atoms with Crippen molar-refractivity contribution in [2.45, 2.75) is 26.1 Å². The van der Waals surface area contributed by atoms with E-state index in [9.17, 15) is 5.11 Å². The van der Waals surface area contributed by atoms with Gasteiger partial charge in [-0.25, -0.2) is 0 Å². The Morgan fingerprint density at radius 3 is 2.39 bits per heavy atom. The van der Waals surface area contributed by atoms with E-state index in [1.807, 2.05) is 48.5 Å². The van der Waals surface area contributed by atoms with Crippen molar-refractivity contribution in [3.05, 3.63) is 71.9 Å².